The van der Waals surface area contributed by atoms with Crippen molar-refractivity contribution in [3.63, 3.8) is 0 Å². The van der Waals surface area contributed by atoms with Gasteiger partial charge in [-0.25, -0.2) is 0 Å². The summed E-state index contributed by atoms with van der Waals surface area (Å²) in [6, 6.07) is 5.78. The zero-order valence-electron chi connectivity index (χ0n) is 12.9. The van der Waals surface area contributed by atoms with Crippen LogP contribution < -0.4 is 9.47 Å². The molecule has 3 nitrogen and oxygen atoms in total. The van der Waals surface area contributed by atoms with Crippen molar-refractivity contribution in [1.82, 2.24) is 0 Å². The van der Waals surface area contributed by atoms with E-state index >= 15 is 0 Å². The highest BCUT2D eigenvalue weighted by Gasteiger charge is 2.02. The van der Waals surface area contributed by atoms with Gasteiger partial charge in [0, 0.05) is 0 Å². The molecule has 0 unspecified atom stereocenters. The topological polar surface area (TPSA) is 38.7 Å². The number of aliphatic hydroxyl groups excluding tert-OH is 1. The number of hydrogen-bond acceptors (Lipinski definition) is 3. The summed E-state index contributed by atoms with van der Waals surface area (Å²) in [7, 11) is 0. The maximum Gasteiger partial charge on any atom is 0.122 e. The Morgan fingerprint density at radius 2 is 1.70 bits per heavy atom. The lowest BCUT2D eigenvalue weighted by Gasteiger charge is -2.11. The smallest absolute Gasteiger partial charge is 0.122 e. The number of hydrogen-bond donors (Lipinski definition) is 1. The standard InChI is InChI=1S/C17H28O3/c1-3-4-5-6-7-8-12-20-17-10-9-16(14-15(17)2)19-13-11-18/h9-10,14,18H,3-8,11-13H2,1-2H3. The third-order valence-corrected chi connectivity index (χ3v) is 3.26. The Morgan fingerprint density at radius 3 is 2.40 bits per heavy atom. The minimum absolute atomic E-state index is 0.0370. The van der Waals surface area contributed by atoms with E-state index in [1.54, 1.807) is 0 Å². The van der Waals surface area contributed by atoms with Gasteiger partial charge in [-0.2, -0.15) is 0 Å². The van der Waals surface area contributed by atoms with E-state index in [0.29, 0.717) is 6.61 Å². The monoisotopic (exact) mass is 280 g/mol. The van der Waals surface area contributed by atoms with Gasteiger partial charge in [-0.1, -0.05) is 39.0 Å². The molecule has 1 aromatic carbocycles. The van der Waals surface area contributed by atoms with Crippen LogP contribution in [0.25, 0.3) is 0 Å². The normalized spacial score (nSPS) is 10.6. The highest BCUT2D eigenvalue weighted by Crippen LogP contribution is 2.23. The van der Waals surface area contributed by atoms with Gasteiger partial charge in [0.05, 0.1) is 13.2 Å². The van der Waals surface area contributed by atoms with E-state index in [0.717, 1.165) is 30.1 Å². The predicted octanol–water partition coefficient (Wildman–Crippen LogP) is 4.11. The van der Waals surface area contributed by atoms with Gasteiger partial charge in [0.2, 0.25) is 0 Å². The van der Waals surface area contributed by atoms with Crippen molar-refractivity contribution < 1.29 is 14.6 Å². The molecule has 114 valence electrons. The molecule has 1 aromatic rings. The van der Waals surface area contributed by atoms with Gasteiger partial charge < -0.3 is 14.6 Å². The summed E-state index contributed by atoms with van der Waals surface area (Å²) in [4.78, 5) is 0. The highest BCUT2D eigenvalue weighted by molar-refractivity contribution is 5.39. The zero-order chi connectivity index (χ0) is 14.6. The van der Waals surface area contributed by atoms with E-state index in [4.69, 9.17) is 14.6 Å². The van der Waals surface area contributed by atoms with Crippen LogP contribution in [0.2, 0.25) is 0 Å². The fraction of sp³-hybridized carbons (Fsp3) is 0.647. The number of aliphatic hydroxyl groups is 1. The van der Waals surface area contributed by atoms with E-state index < -0.39 is 0 Å². The lowest BCUT2D eigenvalue weighted by molar-refractivity contribution is 0.201. The van der Waals surface area contributed by atoms with Crippen LogP contribution in [0.3, 0.4) is 0 Å². The first-order valence-corrected chi connectivity index (χ1v) is 7.75. The molecule has 1 rings (SSSR count). The summed E-state index contributed by atoms with van der Waals surface area (Å²) in [5, 5.41) is 8.72. The molecule has 0 saturated heterocycles. The summed E-state index contributed by atoms with van der Waals surface area (Å²) in [5.74, 6) is 1.71. The van der Waals surface area contributed by atoms with E-state index in [2.05, 4.69) is 6.92 Å². The largest absolute Gasteiger partial charge is 0.493 e. The van der Waals surface area contributed by atoms with Crippen LogP contribution in [-0.4, -0.2) is 24.9 Å². The molecule has 1 N–H and O–H groups in total. The molecular formula is C17H28O3. The lowest BCUT2D eigenvalue weighted by atomic mass is 10.1. The SMILES string of the molecule is CCCCCCCCOc1ccc(OCCO)cc1C. The molecule has 0 saturated carbocycles. The number of ether oxygens (including phenoxy) is 2. The quantitative estimate of drug-likeness (QED) is 0.620. The van der Waals surface area contributed by atoms with Gasteiger partial charge >= 0.3 is 0 Å². The molecule has 0 radical (unpaired) electrons. The number of rotatable bonds is 11. The first-order valence-electron chi connectivity index (χ1n) is 7.75. The van der Waals surface area contributed by atoms with Crippen molar-refractivity contribution in [3.8, 4) is 11.5 Å². The van der Waals surface area contributed by atoms with Crippen LogP contribution in [0.1, 0.15) is 51.0 Å². The molecule has 0 bridgehead atoms. The zero-order valence-corrected chi connectivity index (χ0v) is 12.9. The minimum atomic E-state index is 0.0370. The molecule has 0 atom stereocenters. The van der Waals surface area contributed by atoms with Gasteiger partial charge in [0.15, 0.2) is 0 Å². The van der Waals surface area contributed by atoms with Gasteiger partial charge in [0.1, 0.15) is 18.1 Å². The average molecular weight is 280 g/mol. The fourth-order valence-corrected chi connectivity index (χ4v) is 2.10. The maximum absolute atomic E-state index is 8.72. The summed E-state index contributed by atoms with van der Waals surface area (Å²) in [6.07, 6.45) is 7.65. The van der Waals surface area contributed by atoms with Crippen LogP contribution in [0.15, 0.2) is 18.2 Å². The van der Waals surface area contributed by atoms with Crippen molar-refractivity contribution >= 4 is 0 Å². The maximum atomic E-state index is 8.72. The van der Waals surface area contributed by atoms with E-state index in [-0.39, 0.29) is 6.61 Å². The Kier molecular flexibility index (Phi) is 8.88. The summed E-state index contributed by atoms with van der Waals surface area (Å²) in [6.45, 7) is 5.40. The van der Waals surface area contributed by atoms with Crippen LogP contribution in [0.4, 0.5) is 0 Å². The summed E-state index contributed by atoms with van der Waals surface area (Å²) < 4.78 is 11.2. The Morgan fingerprint density at radius 1 is 0.950 bits per heavy atom. The second-order valence-electron chi connectivity index (χ2n) is 5.12. The van der Waals surface area contributed by atoms with Crippen LogP contribution >= 0.6 is 0 Å². The molecule has 0 aromatic heterocycles. The Hall–Kier alpha value is -1.22. The molecule has 3 heteroatoms. The molecule has 0 spiro atoms. The third-order valence-electron chi connectivity index (χ3n) is 3.26. The van der Waals surface area contributed by atoms with E-state index in [1.807, 2.05) is 25.1 Å². The van der Waals surface area contributed by atoms with Gasteiger partial charge in [0.25, 0.3) is 0 Å². The van der Waals surface area contributed by atoms with Crippen molar-refractivity contribution in [1.29, 1.82) is 0 Å². The first kappa shape index (κ1) is 16.8. The molecule has 0 aliphatic heterocycles. The van der Waals surface area contributed by atoms with Crippen LogP contribution in [0, 0.1) is 6.92 Å². The summed E-state index contributed by atoms with van der Waals surface area (Å²) in [5.41, 5.74) is 1.08. The van der Waals surface area contributed by atoms with Crippen LogP contribution in [0.5, 0.6) is 11.5 Å². The molecule has 0 heterocycles. The third kappa shape index (κ3) is 6.80. The molecule has 0 amide bonds. The number of benzene rings is 1. The van der Waals surface area contributed by atoms with E-state index in [1.165, 1.54) is 32.1 Å². The Labute approximate surface area is 122 Å². The molecular weight excluding hydrogens is 252 g/mol. The molecule has 0 aliphatic rings. The van der Waals surface area contributed by atoms with E-state index in [9.17, 15) is 0 Å². The summed E-state index contributed by atoms with van der Waals surface area (Å²) >= 11 is 0. The second kappa shape index (κ2) is 10.6. The van der Waals surface area contributed by atoms with Crippen molar-refractivity contribution in [2.24, 2.45) is 0 Å². The lowest BCUT2D eigenvalue weighted by Crippen LogP contribution is -2.03. The number of aryl methyl sites for hydroxylation is 1. The van der Waals surface area contributed by atoms with Gasteiger partial charge in [-0.05, 0) is 37.1 Å². The highest BCUT2D eigenvalue weighted by atomic mass is 16.5. The molecule has 20 heavy (non-hydrogen) atoms. The Balaban J connectivity index is 2.23. The van der Waals surface area contributed by atoms with Crippen molar-refractivity contribution in [3.05, 3.63) is 23.8 Å². The van der Waals surface area contributed by atoms with Crippen molar-refractivity contribution in [2.75, 3.05) is 19.8 Å². The number of unbranched alkanes of at least 4 members (excludes halogenated alkanes) is 5. The Bertz CT molecular complexity index is 363. The second-order valence-corrected chi connectivity index (χ2v) is 5.12. The van der Waals surface area contributed by atoms with Crippen molar-refractivity contribution in [2.45, 2.75) is 52.4 Å². The van der Waals surface area contributed by atoms with Gasteiger partial charge in [-0.15, -0.1) is 0 Å². The predicted molar refractivity (Wildman–Crippen MR) is 82.6 cm³/mol. The van der Waals surface area contributed by atoms with Crippen LogP contribution in [-0.2, 0) is 0 Å². The van der Waals surface area contributed by atoms with Gasteiger partial charge in [-0.3, -0.25) is 0 Å². The fourth-order valence-electron chi connectivity index (χ4n) is 2.10. The minimum Gasteiger partial charge on any atom is -0.493 e. The average Bonchev–Trinajstić information content (AvgIpc) is 2.46. The molecule has 0 fully saturated rings. The molecule has 0 aliphatic carbocycles. The first-order chi connectivity index (χ1) is 9.77.